The first kappa shape index (κ1) is 20.5. The van der Waals surface area contributed by atoms with Crippen molar-refractivity contribution in [2.24, 2.45) is 5.92 Å². The predicted molar refractivity (Wildman–Crippen MR) is 99.8 cm³/mol. The second-order valence-corrected chi connectivity index (χ2v) is 7.58. The number of rotatable bonds is 3. The molecule has 28 heavy (non-hydrogen) atoms. The Hall–Kier alpha value is -2.25. The minimum Gasteiger partial charge on any atom is -0.343 e. The highest BCUT2D eigenvalue weighted by molar-refractivity contribution is 5.89. The van der Waals surface area contributed by atoms with Crippen LogP contribution in [0.3, 0.4) is 0 Å². The lowest BCUT2D eigenvalue weighted by atomic mass is 9.93. The first-order valence-electron chi connectivity index (χ1n) is 9.84. The van der Waals surface area contributed by atoms with Crippen LogP contribution in [0.15, 0.2) is 24.3 Å². The summed E-state index contributed by atoms with van der Waals surface area (Å²) in [5, 5.41) is 2.54. The second kappa shape index (κ2) is 8.84. The number of carbonyl (C=O) groups excluding carboxylic acids is 2. The number of anilines is 1. The van der Waals surface area contributed by atoms with Crippen molar-refractivity contribution in [3.8, 4) is 0 Å². The molecule has 1 aromatic rings. The molecule has 8 heteroatoms. The van der Waals surface area contributed by atoms with E-state index in [-0.39, 0.29) is 17.5 Å². The van der Waals surface area contributed by atoms with Gasteiger partial charge in [0.15, 0.2) is 0 Å². The van der Waals surface area contributed by atoms with E-state index in [1.54, 1.807) is 4.90 Å². The van der Waals surface area contributed by atoms with Gasteiger partial charge in [0.2, 0.25) is 5.91 Å². The summed E-state index contributed by atoms with van der Waals surface area (Å²) in [5.41, 5.74) is -0.664. The molecule has 0 radical (unpaired) electrons. The lowest BCUT2D eigenvalue weighted by molar-refractivity contribution is -0.137. The Kier molecular flexibility index (Phi) is 6.46. The highest BCUT2D eigenvalue weighted by Gasteiger charge is 2.31. The summed E-state index contributed by atoms with van der Waals surface area (Å²) < 4.78 is 38.4. The van der Waals surface area contributed by atoms with Crippen LogP contribution < -0.4 is 5.32 Å². The van der Waals surface area contributed by atoms with Crippen molar-refractivity contribution in [1.29, 1.82) is 0 Å². The third-order valence-electron chi connectivity index (χ3n) is 5.51. The fourth-order valence-electron chi connectivity index (χ4n) is 3.84. The molecule has 2 aliphatic heterocycles. The number of carbonyl (C=O) groups is 2. The molecule has 0 spiro atoms. The minimum absolute atomic E-state index is 0.127. The first-order chi connectivity index (χ1) is 13.3. The fraction of sp³-hybridized carbons (Fsp3) is 0.600. The van der Waals surface area contributed by atoms with Gasteiger partial charge in [-0.25, -0.2) is 4.79 Å². The Morgan fingerprint density at radius 3 is 2.32 bits per heavy atom. The molecule has 0 unspecified atom stereocenters. The molecular weight excluding hydrogens is 371 g/mol. The number of hydrogen-bond donors (Lipinski definition) is 1. The van der Waals surface area contributed by atoms with E-state index in [9.17, 15) is 22.8 Å². The maximum absolute atomic E-state index is 12.8. The molecule has 0 aliphatic carbocycles. The molecule has 2 heterocycles. The van der Waals surface area contributed by atoms with Gasteiger partial charge in [-0.3, -0.25) is 4.79 Å². The average molecular weight is 397 g/mol. The van der Waals surface area contributed by atoms with E-state index in [0.717, 1.165) is 50.9 Å². The summed E-state index contributed by atoms with van der Waals surface area (Å²) in [6.45, 7) is 2.69. The monoisotopic (exact) mass is 397 g/mol. The molecule has 2 aliphatic rings. The number of likely N-dealkylation sites (tertiary alicyclic amines) is 2. The van der Waals surface area contributed by atoms with Crippen LogP contribution in [0.5, 0.6) is 0 Å². The molecule has 2 fully saturated rings. The van der Waals surface area contributed by atoms with Crippen LogP contribution in [0.25, 0.3) is 0 Å². The number of nitrogens with zero attached hydrogens (tertiary/aromatic N) is 2. The average Bonchev–Trinajstić information content (AvgIpc) is 2.69. The maximum atomic E-state index is 12.8. The third kappa shape index (κ3) is 5.39. The summed E-state index contributed by atoms with van der Waals surface area (Å²) in [6.07, 6.45) is 0.858. The third-order valence-corrected chi connectivity index (χ3v) is 5.51. The summed E-state index contributed by atoms with van der Waals surface area (Å²) >= 11 is 0. The number of amides is 3. The van der Waals surface area contributed by atoms with Crippen LogP contribution in [-0.4, -0.2) is 47.9 Å². The summed E-state index contributed by atoms with van der Waals surface area (Å²) in [6, 6.07) is 4.22. The van der Waals surface area contributed by atoms with E-state index in [2.05, 4.69) is 5.32 Å². The topological polar surface area (TPSA) is 52.7 Å². The van der Waals surface area contributed by atoms with Crippen molar-refractivity contribution in [3.05, 3.63) is 29.8 Å². The minimum atomic E-state index is -4.44. The summed E-state index contributed by atoms with van der Waals surface area (Å²) in [7, 11) is 0. The van der Waals surface area contributed by atoms with E-state index >= 15 is 0 Å². The van der Waals surface area contributed by atoms with Crippen molar-refractivity contribution in [2.75, 3.05) is 31.5 Å². The van der Waals surface area contributed by atoms with Gasteiger partial charge in [-0.05, 0) is 56.2 Å². The molecule has 5 nitrogen and oxygen atoms in total. The Labute approximate surface area is 162 Å². The van der Waals surface area contributed by atoms with E-state index in [1.807, 2.05) is 4.90 Å². The van der Waals surface area contributed by atoms with E-state index in [0.29, 0.717) is 19.5 Å². The van der Waals surface area contributed by atoms with Crippen molar-refractivity contribution in [1.82, 2.24) is 9.80 Å². The molecule has 154 valence electrons. The molecule has 2 saturated heterocycles. The SMILES string of the molecule is O=C(CC1CCN(C(=O)Nc2cccc(C(F)(F)F)c2)CC1)N1CCCCC1. The Bertz CT molecular complexity index is 694. The molecule has 3 rings (SSSR count). The second-order valence-electron chi connectivity index (χ2n) is 7.58. The van der Waals surface area contributed by atoms with E-state index < -0.39 is 17.8 Å². The van der Waals surface area contributed by atoms with Gasteiger partial charge in [-0.15, -0.1) is 0 Å². The van der Waals surface area contributed by atoms with Crippen LogP contribution >= 0.6 is 0 Å². The Morgan fingerprint density at radius 2 is 1.68 bits per heavy atom. The van der Waals surface area contributed by atoms with Gasteiger partial charge in [0, 0.05) is 38.3 Å². The van der Waals surface area contributed by atoms with Gasteiger partial charge in [0.1, 0.15) is 0 Å². The fourth-order valence-corrected chi connectivity index (χ4v) is 3.84. The van der Waals surface area contributed by atoms with Gasteiger partial charge in [-0.1, -0.05) is 6.07 Å². The largest absolute Gasteiger partial charge is 0.416 e. The number of hydrogen-bond acceptors (Lipinski definition) is 2. The molecule has 0 atom stereocenters. The van der Waals surface area contributed by atoms with Crippen molar-refractivity contribution in [2.45, 2.75) is 44.7 Å². The quantitative estimate of drug-likeness (QED) is 0.824. The van der Waals surface area contributed by atoms with Crippen LogP contribution in [0.1, 0.15) is 44.1 Å². The van der Waals surface area contributed by atoms with E-state index in [1.165, 1.54) is 18.6 Å². The standard InChI is InChI=1S/C20H26F3N3O2/c21-20(22,23)16-5-4-6-17(14-16)24-19(28)26-11-7-15(8-12-26)13-18(27)25-9-2-1-3-10-25/h4-6,14-15H,1-3,7-13H2,(H,24,28). The highest BCUT2D eigenvalue weighted by atomic mass is 19.4. The smallest absolute Gasteiger partial charge is 0.343 e. The zero-order valence-corrected chi connectivity index (χ0v) is 15.8. The number of nitrogens with one attached hydrogen (secondary N) is 1. The van der Waals surface area contributed by atoms with Crippen LogP contribution in [0, 0.1) is 5.92 Å². The van der Waals surface area contributed by atoms with Crippen LogP contribution in [0.4, 0.5) is 23.7 Å². The van der Waals surface area contributed by atoms with Gasteiger partial charge in [0.05, 0.1) is 5.56 Å². The van der Waals surface area contributed by atoms with Crippen molar-refractivity contribution in [3.63, 3.8) is 0 Å². The number of halogens is 3. The van der Waals surface area contributed by atoms with Gasteiger partial charge in [0.25, 0.3) is 0 Å². The molecule has 0 saturated carbocycles. The lowest BCUT2D eigenvalue weighted by Gasteiger charge is -2.33. The van der Waals surface area contributed by atoms with Crippen molar-refractivity contribution < 1.29 is 22.8 Å². The van der Waals surface area contributed by atoms with Crippen LogP contribution in [0.2, 0.25) is 0 Å². The zero-order chi connectivity index (χ0) is 20.1. The maximum Gasteiger partial charge on any atom is 0.416 e. The molecule has 3 amide bonds. The Balaban J connectivity index is 1.47. The normalized spacial score (nSPS) is 18.8. The number of piperidine rings is 2. The highest BCUT2D eigenvalue weighted by Crippen LogP contribution is 2.31. The van der Waals surface area contributed by atoms with Gasteiger partial charge < -0.3 is 15.1 Å². The molecule has 1 aromatic carbocycles. The molecule has 0 aromatic heterocycles. The molecule has 0 bridgehead atoms. The van der Waals surface area contributed by atoms with Crippen molar-refractivity contribution >= 4 is 17.6 Å². The number of urea groups is 1. The molecule has 1 N–H and O–H groups in total. The number of alkyl halides is 3. The lowest BCUT2D eigenvalue weighted by Crippen LogP contribution is -2.42. The first-order valence-corrected chi connectivity index (χ1v) is 9.84. The molecular formula is C20H26F3N3O2. The summed E-state index contributed by atoms with van der Waals surface area (Å²) in [5.74, 6) is 0.457. The predicted octanol–water partition coefficient (Wildman–Crippen LogP) is 4.35. The number of benzene rings is 1. The Morgan fingerprint density at radius 1 is 1.00 bits per heavy atom. The summed E-state index contributed by atoms with van der Waals surface area (Å²) in [4.78, 5) is 28.3. The van der Waals surface area contributed by atoms with Gasteiger partial charge in [-0.2, -0.15) is 13.2 Å². The zero-order valence-electron chi connectivity index (χ0n) is 15.8. The van der Waals surface area contributed by atoms with Gasteiger partial charge >= 0.3 is 12.2 Å². The van der Waals surface area contributed by atoms with Crippen LogP contribution in [-0.2, 0) is 11.0 Å². The van der Waals surface area contributed by atoms with E-state index in [4.69, 9.17) is 0 Å².